The number of benzene rings is 1. The van der Waals surface area contributed by atoms with Crippen LogP contribution in [0, 0.1) is 0 Å². The quantitative estimate of drug-likeness (QED) is 0.628. The molecule has 1 atom stereocenters. The summed E-state index contributed by atoms with van der Waals surface area (Å²) in [4.78, 5) is 11.8. The van der Waals surface area contributed by atoms with Crippen LogP contribution >= 0.6 is 8.15 Å². The highest BCUT2D eigenvalue weighted by atomic mass is 31.1. The zero-order chi connectivity index (χ0) is 14.0. The first-order valence-corrected chi connectivity index (χ1v) is 7.75. The fourth-order valence-corrected chi connectivity index (χ4v) is 2.06. The van der Waals surface area contributed by atoms with Gasteiger partial charge in [0.15, 0.2) is 0 Å². The third kappa shape index (κ3) is 3.37. The number of rotatable bonds is 4. The predicted molar refractivity (Wildman–Crippen MR) is 71.9 cm³/mol. The molecule has 1 aromatic carbocycles. The van der Waals surface area contributed by atoms with E-state index in [0.717, 1.165) is 0 Å². The van der Waals surface area contributed by atoms with Crippen LogP contribution < -0.4 is 9.47 Å². The summed E-state index contributed by atoms with van der Waals surface area (Å²) in [5.74, 6) is -0.202. The van der Waals surface area contributed by atoms with Crippen molar-refractivity contribution in [2.45, 2.75) is 19.6 Å². The van der Waals surface area contributed by atoms with E-state index in [4.69, 9.17) is 18.7 Å². The van der Waals surface area contributed by atoms with Crippen molar-refractivity contribution in [3.63, 3.8) is 0 Å². The smallest absolute Gasteiger partial charge is 0.345 e. The Morgan fingerprint density at radius 1 is 1.32 bits per heavy atom. The van der Waals surface area contributed by atoms with E-state index in [2.05, 4.69) is 0 Å². The van der Waals surface area contributed by atoms with Crippen LogP contribution in [0.5, 0.6) is 11.5 Å². The Bertz CT molecular complexity index is 486. The molecule has 1 unspecified atom stereocenters. The topological polar surface area (TPSA) is 54.0 Å². The molecular weight excluding hydrogens is 267 g/mol. The number of esters is 1. The van der Waals surface area contributed by atoms with Gasteiger partial charge < -0.3 is 18.7 Å². The molecule has 1 aromatic rings. The van der Waals surface area contributed by atoms with Crippen molar-refractivity contribution in [1.82, 2.24) is 0 Å². The van der Waals surface area contributed by atoms with Crippen molar-refractivity contribution in [1.29, 1.82) is 0 Å². The number of ether oxygens (including phenoxy) is 3. The lowest BCUT2D eigenvalue weighted by Crippen LogP contribution is -2.38. The highest BCUT2D eigenvalue weighted by Crippen LogP contribution is 2.36. The van der Waals surface area contributed by atoms with Gasteiger partial charge in [-0.3, -0.25) is 0 Å². The maximum atomic E-state index is 11.8. The Balaban J connectivity index is 2.16. The van der Waals surface area contributed by atoms with Gasteiger partial charge in [0.2, 0.25) is 5.79 Å². The number of carbonyl (C=O) groups is 1. The molecule has 1 heterocycles. The van der Waals surface area contributed by atoms with E-state index in [1.54, 1.807) is 39.2 Å². The lowest BCUT2D eigenvalue weighted by Gasteiger charge is -2.31. The maximum absolute atomic E-state index is 11.8. The minimum atomic E-state index is -0.952. The molecule has 0 N–H and O–H groups in total. The van der Waals surface area contributed by atoms with Crippen LogP contribution in [-0.4, -0.2) is 31.9 Å². The van der Waals surface area contributed by atoms with Gasteiger partial charge in [0.25, 0.3) is 0 Å². The van der Waals surface area contributed by atoms with E-state index in [1.807, 2.05) is 6.66 Å². The van der Waals surface area contributed by atoms with Crippen LogP contribution in [0.15, 0.2) is 18.2 Å². The number of hydrogen-bond donors (Lipinski definition) is 0. The van der Waals surface area contributed by atoms with Crippen LogP contribution in [0.25, 0.3) is 0 Å². The van der Waals surface area contributed by atoms with Crippen molar-refractivity contribution in [3.05, 3.63) is 23.8 Å². The van der Waals surface area contributed by atoms with Gasteiger partial charge in [-0.1, -0.05) is 0 Å². The Morgan fingerprint density at radius 3 is 2.74 bits per heavy atom. The van der Waals surface area contributed by atoms with E-state index in [-0.39, 0.29) is 5.97 Å². The third-order valence-electron chi connectivity index (χ3n) is 2.59. The Morgan fingerprint density at radius 2 is 2.05 bits per heavy atom. The number of fused-ring (bicyclic) bond motifs is 1. The third-order valence-corrected chi connectivity index (χ3v) is 3.71. The monoisotopic (exact) mass is 284 g/mol. The molecule has 5 nitrogen and oxygen atoms in total. The van der Waals surface area contributed by atoms with Gasteiger partial charge in [0.1, 0.15) is 23.4 Å². The van der Waals surface area contributed by atoms with Gasteiger partial charge in [-0.2, -0.15) is 0 Å². The van der Waals surface area contributed by atoms with Gasteiger partial charge in [0, 0.05) is 27.0 Å². The molecule has 1 aliphatic heterocycles. The molecular formula is C13H17O5P. The second-order valence-corrected chi connectivity index (χ2v) is 6.51. The summed E-state index contributed by atoms with van der Waals surface area (Å²) in [5, 5.41) is 0. The molecule has 6 heteroatoms. The summed E-state index contributed by atoms with van der Waals surface area (Å²) in [6.45, 7) is 5.36. The van der Waals surface area contributed by atoms with Crippen molar-refractivity contribution in [2.24, 2.45) is 0 Å². The molecule has 1 aliphatic rings. The molecule has 0 bridgehead atoms. The van der Waals surface area contributed by atoms with Crippen molar-refractivity contribution in [3.8, 4) is 11.5 Å². The second-order valence-electron chi connectivity index (χ2n) is 4.63. The molecule has 2 rings (SSSR count). The SMILES string of the molecule is COP(C)COc1ccc2c(c1)OC(C)(C)OC2=O. The number of carbonyl (C=O) groups excluding carboxylic acids is 1. The van der Waals surface area contributed by atoms with E-state index >= 15 is 0 Å². The predicted octanol–water partition coefficient (Wildman–Crippen LogP) is 2.98. The first-order valence-electron chi connectivity index (χ1n) is 5.86. The van der Waals surface area contributed by atoms with Gasteiger partial charge in [-0.25, -0.2) is 4.79 Å². The van der Waals surface area contributed by atoms with E-state index < -0.39 is 13.9 Å². The zero-order valence-corrected chi connectivity index (χ0v) is 12.3. The molecule has 0 spiro atoms. The van der Waals surface area contributed by atoms with Gasteiger partial charge in [-0.15, -0.1) is 0 Å². The molecule has 0 amide bonds. The molecule has 0 radical (unpaired) electrons. The minimum Gasteiger partial charge on any atom is -0.487 e. The summed E-state index contributed by atoms with van der Waals surface area (Å²) < 4.78 is 21.5. The molecule has 19 heavy (non-hydrogen) atoms. The molecule has 0 aromatic heterocycles. The fourth-order valence-electron chi connectivity index (χ4n) is 1.63. The summed E-state index contributed by atoms with van der Waals surface area (Å²) in [6.07, 6.45) is 0.498. The van der Waals surface area contributed by atoms with Gasteiger partial charge in [-0.05, 0) is 18.8 Å². The van der Waals surface area contributed by atoms with E-state index in [1.165, 1.54) is 0 Å². The lowest BCUT2D eigenvalue weighted by molar-refractivity contribution is -0.127. The second kappa shape index (κ2) is 5.35. The molecule has 104 valence electrons. The zero-order valence-electron chi connectivity index (χ0n) is 11.4. The average Bonchev–Trinajstić information content (AvgIpc) is 2.33. The Kier molecular flexibility index (Phi) is 3.97. The van der Waals surface area contributed by atoms with Crippen molar-refractivity contribution in [2.75, 3.05) is 20.1 Å². The summed E-state index contributed by atoms with van der Waals surface area (Å²) >= 11 is 0. The molecule has 0 aliphatic carbocycles. The first kappa shape index (κ1) is 14.1. The molecule has 0 saturated carbocycles. The van der Waals surface area contributed by atoms with Crippen LogP contribution in [0.2, 0.25) is 0 Å². The van der Waals surface area contributed by atoms with Gasteiger partial charge >= 0.3 is 5.97 Å². The van der Waals surface area contributed by atoms with E-state index in [9.17, 15) is 4.79 Å². The number of hydrogen-bond acceptors (Lipinski definition) is 5. The van der Waals surface area contributed by atoms with Crippen LogP contribution in [0.3, 0.4) is 0 Å². The molecule has 0 saturated heterocycles. The number of cyclic esters (lactones) is 1. The van der Waals surface area contributed by atoms with Crippen molar-refractivity contribution >= 4 is 14.1 Å². The normalized spacial score (nSPS) is 18.0. The minimum absolute atomic E-state index is 0.382. The summed E-state index contributed by atoms with van der Waals surface area (Å²) in [6, 6.07) is 5.07. The Labute approximate surface area is 113 Å². The van der Waals surface area contributed by atoms with Crippen molar-refractivity contribution < 1.29 is 23.5 Å². The fraction of sp³-hybridized carbons (Fsp3) is 0.462. The van der Waals surface area contributed by atoms with E-state index in [0.29, 0.717) is 23.4 Å². The molecule has 0 fully saturated rings. The largest absolute Gasteiger partial charge is 0.487 e. The lowest BCUT2D eigenvalue weighted by atomic mass is 10.1. The van der Waals surface area contributed by atoms with Crippen LogP contribution in [-0.2, 0) is 9.26 Å². The summed E-state index contributed by atoms with van der Waals surface area (Å²) in [5.41, 5.74) is 0.414. The highest BCUT2D eigenvalue weighted by Gasteiger charge is 2.33. The highest BCUT2D eigenvalue weighted by molar-refractivity contribution is 7.51. The van der Waals surface area contributed by atoms with Crippen LogP contribution in [0.1, 0.15) is 24.2 Å². The first-order chi connectivity index (χ1) is 8.91. The summed E-state index contributed by atoms with van der Waals surface area (Å²) in [7, 11) is 1.06. The average molecular weight is 284 g/mol. The maximum Gasteiger partial charge on any atom is 0.345 e. The Hall–Kier alpha value is -1.32. The standard InChI is InChI=1S/C13H17O5P/c1-13(2)17-11-7-9(16-8-19(4)15-3)5-6-10(11)12(14)18-13/h5-7H,8H2,1-4H3. The van der Waals surface area contributed by atoms with Crippen LogP contribution in [0.4, 0.5) is 0 Å². The van der Waals surface area contributed by atoms with Gasteiger partial charge in [0.05, 0.1) is 8.15 Å².